The summed E-state index contributed by atoms with van der Waals surface area (Å²) >= 11 is 0. The lowest BCUT2D eigenvalue weighted by molar-refractivity contribution is 0.100. The number of pyridine rings is 1. The molecule has 4 N–H and O–H groups in total. The number of nitrogens with zero attached hydrogens (tertiary/aromatic N) is 5. The average molecular weight is 425 g/mol. The molecule has 32 heavy (non-hydrogen) atoms. The van der Waals surface area contributed by atoms with E-state index >= 15 is 0 Å². The molecular weight excluding hydrogens is 402 g/mol. The summed E-state index contributed by atoms with van der Waals surface area (Å²) in [5, 5.41) is 8.78. The monoisotopic (exact) mass is 425 g/mol. The van der Waals surface area contributed by atoms with Crippen molar-refractivity contribution < 1.29 is 4.79 Å². The molecule has 0 fully saturated rings. The lowest BCUT2D eigenvalue weighted by Gasteiger charge is -2.27. The van der Waals surface area contributed by atoms with Gasteiger partial charge in [-0.1, -0.05) is 13.0 Å². The second-order valence-electron chi connectivity index (χ2n) is 8.04. The number of fused-ring (bicyclic) bond motifs is 3. The molecule has 0 saturated carbocycles. The van der Waals surface area contributed by atoms with E-state index in [0.29, 0.717) is 17.9 Å². The second-order valence-corrected chi connectivity index (χ2v) is 8.04. The highest BCUT2D eigenvalue weighted by Gasteiger charge is 2.28. The molecule has 8 nitrogen and oxygen atoms in total. The molecule has 4 aromatic rings. The molecule has 0 unspecified atom stereocenters. The van der Waals surface area contributed by atoms with Crippen molar-refractivity contribution >= 4 is 23.1 Å². The van der Waals surface area contributed by atoms with Gasteiger partial charge in [-0.2, -0.15) is 0 Å². The Morgan fingerprint density at radius 2 is 1.75 bits per heavy atom. The van der Waals surface area contributed by atoms with Gasteiger partial charge in [0, 0.05) is 35.5 Å². The van der Waals surface area contributed by atoms with Crippen LogP contribution < -0.4 is 16.4 Å². The summed E-state index contributed by atoms with van der Waals surface area (Å²) in [4.78, 5) is 18.0. The molecular formula is C24H23N7O. The molecule has 0 radical (unpaired) electrons. The number of anilines is 3. The summed E-state index contributed by atoms with van der Waals surface area (Å²) in [6.45, 7) is 4.80. The predicted molar refractivity (Wildman–Crippen MR) is 124 cm³/mol. The third kappa shape index (κ3) is 3.26. The van der Waals surface area contributed by atoms with Crippen LogP contribution >= 0.6 is 0 Å². The predicted octanol–water partition coefficient (Wildman–Crippen LogP) is 3.57. The number of nitrogen functional groups attached to an aromatic ring is 1. The van der Waals surface area contributed by atoms with Crippen molar-refractivity contribution in [3.63, 3.8) is 0 Å². The number of benzene rings is 2. The maximum atomic E-state index is 11.5. The van der Waals surface area contributed by atoms with Crippen LogP contribution in [0, 0.1) is 6.92 Å². The fourth-order valence-electron chi connectivity index (χ4n) is 4.18. The van der Waals surface area contributed by atoms with Gasteiger partial charge in [-0.3, -0.25) is 9.36 Å². The fourth-order valence-corrected chi connectivity index (χ4v) is 4.18. The zero-order chi connectivity index (χ0) is 22.4. The van der Waals surface area contributed by atoms with Gasteiger partial charge < -0.3 is 16.4 Å². The molecule has 0 bridgehead atoms. The molecule has 1 atom stereocenters. The number of hydrogen-bond acceptors (Lipinski definition) is 6. The van der Waals surface area contributed by atoms with E-state index in [2.05, 4.69) is 49.8 Å². The Morgan fingerprint density at radius 1 is 1.00 bits per heavy atom. The van der Waals surface area contributed by atoms with E-state index in [0.717, 1.165) is 39.8 Å². The molecule has 160 valence electrons. The van der Waals surface area contributed by atoms with Gasteiger partial charge >= 0.3 is 0 Å². The van der Waals surface area contributed by atoms with E-state index in [-0.39, 0.29) is 5.92 Å². The maximum Gasteiger partial charge on any atom is 0.248 e. The minimum absolute atomic E-state index is 0.126. The molecule has 0 saturated heterocycles. The first-order valence-electron chi connectivity index (χ1n) is 10.4. The van der Waals surface area contributed by atoms with Gasteiger partial charge in [-0.15, -0.1) is 10.2 Å². The smallest absolute Gasteiger partial charge is 0.248 e. The first-order valence-corrected chi connectivity index (χ1v) is 10.4. The van der Waals surface area contributed by atoms with Crippen molar-refractivity contribution in [1.82, 2.24) is 19.7 Å². The van der Waals surface area contributed by atoms with E-state index in [1.165, 1.54) is 0 Å². The van der Waals surface area contributed by atoms with E-state index in [9.17, 15) is 4.79 Å². The molecule has 0 spiro atoms. The highest BCUT2D eigenvalue weighted by atomic mass is 16.1. The van der Waals surface area contributed by atoms with Crippen molar-refractivity contribution in [3.05, 3.63) is 78.0 Å². The van der Waals surface area contributed by atoms with Crippen molar-refractivity contribution in [1.29, 1.82) is 0 Å². The zero-order valence-electron chi connectivity index (χ0n) is 17.9. The van der Waals surface area contributed by atoms with Crippen molar-refractivity contribution in [2.75, 3.05) is 17.2 Å². The fraction of sp³-hybridized carbons (Fsp3) is 0.167. The highest BCUT2D eigenvalue weighted by Crippen LogP contribution is 2.40. The van der Waals surface area contributed by atoms with Gasteiger partial charge in [0.25, 0.3) is 0 Å². The minimum Gasteiger partial charge on any atom is -0.384 e. The van der Waals surface area contributed by atoms with Crippen molar-refractivity contribution in [3.8, 4) is 16.8 Å². The van der Waals surface area contributed by atoms with Gasteiger partial charge in [-0.25, -0.2) is 4.98 Å². The number of carbonyl (C=O) groups is 1. The van der Waals surface area contributed by atoms with E-state index in [1.807, 2.05) is 25.1 Å². The molecule has 1 aliphatic rings. The van der Waals surface area contributed by atoms with Crippen molar-refractivity contribution in [2.24, 2.45) is 5.73 Å². The Labute approximate surface area is 185 Å². The third-order valence-corrected chi connectivity index (χ3v) is 5.84. The normalized spacial score (nSPS) is 15.1. The van der Waals surface area contributed by atoms with Crippen LogP contribution in [0.4, 0.5) is 17.2 Å². The largest absolute Gasteiger partial charge is 0.384 e. The minimum atomic E-state index is -0.443. The maximum absolute atomic E-state index is 11.5. The van der Waals surface area contributed by atoms with Gasteiger partial charge in [0.05, 0.1) is 11.4 Å². The Balaban J connectivity index is 1.70. The lowest BCUT2D eigenvalue weighted by Crippen LogP contribution is -2.22. The van der Waals surface area contributed by atoms with E-state index in [4.69, 9.17) is 11.5 Å². The number of carbonyl (C=O) groups excluding carboxylic acids is 1. The molecule has 0 aliphatic carbocycles. The van der Waals surface area contributed by atoms with Crippen LogP contribution in [0.3, 0.4) is 0 Å². The molecule has 1 aliphatic heterocycles. The number of aryl methyl sites for hydroxylation is 1. The number of nitrogens with two attached hydrogens (primary N) is 2. The van der Waals surface area contributed by atoms with Crippen LogP contribution in [-0.2, 0) is 0 Å². The van der Waals surface area contributed by atoms with Gasteiger partial charge in [-0.05, 0) is 61.0 Å². The summed E-state index contributed by atoms with van der Waals surface area (Å²) in [7, 11) is 0. The SMILES string of the molecule is Cc1nnc2n1-c1ccc(-c3ccc(N)nc3)cc1N(c1ccc(C(N)=O)cc1)C[C@@H]2C. The Morgan fingerprint density at radius 3 is 2.44 bits per heavy atom. The molecule has 2 aromatic heterocycles. The molecule has 8 heteroatoms. The van der Waals surface area contributed by atoms with E-state index in [1.54, 1.807) is 24.4 Å². The summed E-state index contributed by atoms with van der Waals surface area (Å²) in [5.74, 6) is 1.92. The third-order valence-electron chi connectivity index (χ3n) is 5.84. The van der Waals surface area contributed by atoms with Gasteiger partial charge in [0.1, 0.15) is 17.5 Å². The van der Waals surface area contributed by atoms with Crippen molar-refractivity contribution in [2.45, 2.75) is 19.8 Å². The number of aromatic nitrogens is 4. The number of hydrogen-bond donors (Lipinski definition) is 2. The first kappa shape index (κ1) is 19.7. The summed E-state index contributed by atoms with van der Waals surface area (Å²) in [6.07, 6.45) is 1.78. The molecule has 5 rings (SSSR count). The van der Waals surface area contributed by atoms with Crippen LogP contribution in [0.15, 0.2) is 60.8 Å². The van der Waals surface area contributed by atoms with Gasteiger partial charge in [0.15, 0.2) is 0 Å². The van der Waals surface area contributed by atoms with Crippen LogP contribution in [-0.4, -0.2) is 32.2 Å². The topological polar surface area (TPSA) is 116 Å². The Hall–Kier alpha value is -4.20. The number of rotatable bonds is 3. The Kier molecular flexibility index (Phi) is 4.62. The number of amides is 1. The second kappa shape index (κ2) is 7.49. The summed E-state index contributed by atoms with van der Waals surface area (Å²) < 4.78 is 2.11. The summed E-state index contributed by atoms with van der Waals surface area (Å²) in [6, 6.07) is 17.4. The first-order chi connectivity index (χ1) is 15.4. The van der Waals surface area contributed by atoms with Crippen LogP contribution in [0.5, 0.6) is 0 Å². The molecule has 1 amide bonds. The summed E-state index contributed by atoms with van der Waals surface area (Å²) in [5.41, 5.74) is 16.7. The number of primary amides is 1. The van der Waals surface area contributed by atoms with Gasteiger partial charge in [0.2, 0.25) is 5.91 Å². The van der Waals surface area contributed by atoms with Crippen LogP contribution in [0.2, 0.25) is 0 Å². The quantitative estimate of drug-likeness (QED) is 0.518. The van der Waals surface area contributed by atoms with Crippen LogP contribution in [0.1, 0.15) is 34.8 Å². The average Bonchev–Trinajstić information content (AvgIpc) is 3.13. The van der Waals surface area contributed by atoms with Crippen LogP contribution in [0.25, 0.3) is 16.8 Å². The zero-order valence-corrected chi connectivity index (χ0v) is 17.9. The molecule has 3 heterocycles. The standard InChI is InChI=1S/C24H23N7O/c1-14-13-30(19-7-3-16(4-8-19)23(26)32)21-11-17(18-6-10-22(25)27-12-18)5-9-20(21)31-15(2)28-29-24(14)31/h3-12,14H,13H2,1-2H3,(H2,25,27)(H2,26,32)/t14-/m0/s1. The van der Waals surface area contributed by atoms with E-state index < -0.39 is 5.91 Å². The Bertz CT molecular complexity index is 1310. The lowest BCUT2D eigenvalue weighted by atomic mass is 10.0. The molecule has 2 aromatic carbocycles. The highest BCUT2D eigenvalue weighted by molar-refractivity contribution is 5.93.